The lowest BCUT2D eigenvalue weighted by Crippen LogP contribution is -2.43. The van der Waals surface area contributed by atoms with Gasteiger partial charge >= 0.3 is 0 Å². The van der Waals surface area contributed by atoms with Gasteiger partial charge in [0, 0.05) is 11.3 Å². The molecule has 0 spiro atoms. The zero-order valence-corrected chi connectivity index (χ0v) is 18.4. The summed E-state index contributed by atoms with van der Waals surface area (Å²) in [5.74, 6) is -0.919. The van der Waals surface area contributed by atoms with Crippen molar-refractivity contribution in [2.75, 3.05) is 22.5 Å². The number of hydrogen-bond donors (Lipinski definition) is 1. The van der Waals surface area contributed by atoms with E-state index in [1.165, 1.54) is 29.2 Å². The summed E-state index contributed by atoms with van der Waals surface area (Å²) in [6, 6.07) is 18.6. The molecule has 5 rings (SSSR count). The highest BCUT2D eigenvalue weighted by Gasteiger charge is 2.27. The number of carbonyl (C=O) groups is 2. The number of thioether (sulfide) groups is 1. The number of halogens is 2. The number of para-hydroxylation sites is 2. The Balaban J connectivity index is 1.45. The molecule has 0 atom stereocenters. The second kappa shape index (κ2) is 9.06. The molecule has 10 heteroatoms. The highest BCUT2D eigenvalue weighted by Crippen LogP contribution is 2.31. The number of fused-ring (bicyclic) bond motifs is 1. The van der Waals surface area contributed by atoms with Crippen LogP contribution in [0.1, 0.15) is 0 Å². The van der Waals surface area contributed by atoms with Gasteiger partial charge in [-0.2, -0.15) is 0 Å². The second-order valence-electron chi connectivity index (χ2n) is 7.46. The van der Waals surface area contributed by atoms with Crippen molar-refractivity contribution in [3.8, 4) is 17.1 Å². The molecule has 0 aliphatic carbocycles. The molecule has 7 nitrogen and oxygen atoms in total. The number of hydrogen-bond acceptors (Lipinski definition) is 5. The van der Waals surface area contributed by atoms with Gasteiger partial charge in [0.05, 0.1) is 17.1 Å². The van der Waals surface area contributed by atoms with Crippen molar-refractivity contribution in [1.29, 1.82) is 0 Å². The second-order valence-corrected chi connectivity index (χ2v) is 8.40. The Labute approximate surface area is 197 Å². The van der Waals surface area contributed by atoms with E-state index in [-0.39, 0.29) is 29.9 Å². The third-order valence-electron chi connectivity index (χ3n) is 5.22. The fourth-order valence-electron chi connectivity index (χ4n) is 3.63. The van der Waals surface area contributed by atoms with Gasteiger partial charge in [-0.15, -0.1) is 10.2 Å². The van der Waals surface area contributed by atoms with Crippen LogP contribution in [-0.4, -0.2) is 38.9 Å². The summed E-state index contributed by atoms with van der Waals surface area (Å²) >= 11 is 1.14. The Morgan fingerprint density at radius 2 is 1.62 bits per heavy atom. The number of nitrogens with one attached hydrogen (secondary N) is 1. The zero-order valence-electron chi connectivity index (χ0n) is 17.6. The molecule has 0 fully saturated rings. The van der Waals surface area contributed by atoms with Crippen LogP contribution in [0.25, 0.3) is 17.1 Å². The van der Waals surface area contributed by atoms with Crippen LogP contribution in [0.5, 0.6) is 0 Å². The molecule has 1 aromatic heterocycles. The van der Waals surface area contributed by atoms with Crippen molar-refractivity contribution in [1.82, 2.24) is 14.8 Å². The Morgan fingerprint density at radius 3 is 2.35 bits per heavy atom. The third kappa shape index (κ3) is 4.27. The summed E-state index contributed by atoms with van der Waals surface area (Å²) in [6.07, 6.45) is 0. The summed E-state index contributed by atoms with van der Waals surface area (Å²) in [7, 11) is 0. The molecule has 0 saturated heterocycles. The Hall–Kier alpha value is -4.05. The summed E-state index contributed by atoms with van der Waals surface area (Å²) in [5.41, 5.74) is 2.39. The monoisotopic (exact) mass is 477 g/mol. The van der Waals surface area contributed by atoms with Crippen LogP contribution in [0.4, 0.5) is 20.2 Å². The Morgan fingerprint density at radius 1 is 0.941 bits per heavy atom. The molecular weight excluding hydrogens is 460 g/mol. The highest BCUT2D eigenvalue weighted by atomic mass is 32.2. The number of aromatic nitrogens is 3. The maximum Gasteiger partial charge on any atom is 0.244 e. The lowest BCUT2D eigenvalue weighted by Gasteiger charge is -2.29. The number of benzene rings is 3. The quantitative estimate of drug-likeness (QED) is 0.434. The molecule has 0 saturated carbocycles. The van der Waals surface area contributed by atoms with Crippen LogP contribution < -0.4 is 10.2 Å². The van der Waals surface area contributed by atoms with Crippen LogP contribution in [-0.2, 0) is 9.59 Å². The normalized spacial score (nSPS) is 12.9. The number of anilines is 2. The molecule has 0 radical (unpaired) electrons. The molecule has 1 N–H and O–H groups in total. The van der Waals surface area contributed by atoms with Crippen molar-refractivity contribution in [2.45, 2.75) is 5.16 Å². The van der Waals surface area contributed by atoms with Gasteiger partial charge in [-0.1, -0.05) is 23.9 Å². The lowest BCUT2D eigenvalue weighted by molar-refractivity contribution is -0.120. The average Bonchev–Trinajstić information content (AvgIpc) is 3.27. The Kier molecular flexibility index (Phi) is 5.81. The minimum atomic E-state index is -0.397. The molecule has 2 amide bonds. The fraction of sp³-hybridized carbons (Fsp3) is 0.0833. The summed E-state index contributed by atoms with van der Waals surface area (Å²) < 4.78 is 28.7. The predicted octanol–water partition coefficient (Wildman–Crippen LogP) is 4.29. The number of carbonyl (C=O) groups excluding carboxylic acids is 2. The molecule has 0 unspecified atom stereocenters. The molecule has 1 aliphatic rings. The van der Waals surface area contributed by atoms with Gasteiger partial charge in [0.25, 0.3) is 0 Å². The molecule has 34 heavy (non-hydrogen) atoms. The molecular formula is C24H17F2N5O2S. The van der Waals surface area contributed by atoms with Crippen LogP contribution in [0.15, 0.2) is 78.0 Å². The fourth-order valence-corrected chi connectivity index (χ4v) is 4.46. The molecule has 1 aliphatic heterocycles. The van der Waals surface area contributed by atoms with Gasteiger partial charge in [0.2, 0.25) is 11.8 Å². The first-order chi connectivity index (χ1) is 16.5. The van der Waals surface area contributed by atoms with E-state index in [1.807, 2.05) is 0 Å². The van der Waals surface area contributed by atoms with E-state index in [0.717, 1.165) is 11.8 Å². The topological polar surface area (TPSA) is 80.1 Å². The van der Waals surface area contributed by atoms with Gasteiger partial charge in [-0.05, 0) is 60.7 Å². The molecule has 2 heterocycles. The molecule has 4 aromatic rings. The van der Waals surface area contributed by atoms with E-state index in [0.29, 0.717) is 33.6 Å². The van der Waals surface area contributed by atoms with Gasteiger partial charge in [0.1, 0.15) is 18.2 Å². The van der Waals surface area contributed by atoms with Crippen molar-refractivity contribution in [2.24, 2.45) is 0 Å². The zero-order chi connectivity index (χ0) is 23.7. The van der Waals surface area contributed by atoms with Crippen LogP contribution in [0.2, 0.25) is 0 Å². The number of rotatable bonds is 5. The SMILES string of the molecule is O=C1CN(C(=O)CSc2nnc(-c3ccc(F)cc3)n2-c2ccc(F)cc2)c2ccccc2N1. The maximum absolute atomic E-state index is 13.5. The first kappa shape index (κ1) is 21.8. The van der Waals surface area contributed by atoms with Crippen LogP contribution >= 0.6 is 11.8 Å². The van der Waals surface area contributed by atoms with Gasteiger partial charge < -0.3 is 10.2 Å². The van der Waals surface area contributed by atoms with Crippen LogP contribution in [0.3, 0.4) is 0 Å². The predicted molar refractivity (Wildman–Crippen MR) is 125 cm³/mol. The van der Waals surface area contributed by atoms with E-state index in [2.05, 4.69) is 15.5 Å². The minimum Gasteiger partial charge on any atom is -0.323 e. The first-order valence-electron chi connectivity index (χ1n) is 10.3. The first-order valence-corrected chi connectivity index (χ1v) is 11.3. The van der Waals surface area contributed by atoms with Crippen molar-refractivity contribution >= 4 is 35.0 Å². The van der Waals surface area contributed by atoms with Gasteiger partial charge in [0.15, 0.2) is 11.0 Å². The number of nitrogens with zero attached hydrogens (tertiary/aromatic N) is 4. The van der Waals surface area contributed by atoms with E-state index in [4.69, 9.17) is 0 Å². The Bertz CT molecular complexity index is 1370. The smallest absolute Gasteiger partial charge is 0.244 e. The largest absolute Gasteiger partial charge is 0.323 e. The average molecular weight is 477 g/mol. The summed E-state index contributed by atoms with van der Waals surface area (Å²) in [6.45, 7) is -0.0815. The maximum atomic E-state index is 13.5. The van der Waals surface area contributed by atoms with Gasteiger partial charge in [-0.25, -0.2) is 8.78 Å². The third-order valence-corrected chi connectivity index (χ3v) is 6.13. The molecule has 0 bridgehead atoms. The minimum absolute atomic E-state index is 0.00956. The van der Waals surface area contributed by atoms with Crippen molar-refractivity contribution < 1.29 is 18.4 Å². The van der Waals surface area contributed by atoms with E-state index >= 15 is 0 Å². The van der Waals surface area contributed by atoms with Crippen molar-refractivity contribution in [3.05, 3.63) is 84.4 Å². The summed E-state index contributed by atoms with van der Waals surface area (Å²) in [4.78, 5) is 26.6. The molecule has 3 aromatic carbocycles. The summed E-state index contributed by atoms with van der Waals surface area (Å²) in [5, 5.41) is 11.6. The lowest BCUT2D eigenvalue weighted by atomic mass is 10.2. The van der Waals surface area contributed by atoms with E-state index < -0.39 is 5.82 Å². The van der Waals surface area contributed by atoms with Gasteiger partial charge in [-0.3, -0.25) is 14.2 Å². The standard InChI is InChI=1S/C24H17F2N5O2S/c25-16-7-5-15(6-8-16)23-28-29-24(31(23)18-11-9-17(26)10-12-18)34-14-22(33)30-13-21(32)27-19-3-1-2-4-20(19)30/h1-12H,13-14H2,(H,27,32). The van der Waals surface area contributed by atoms with E-state index in [1.54, 1.807) is 53.1 Å². The van der Waals surface area contributed by atoms with E-state index in [9.17, 15) is 18.4 Å². The van der Waals surface area contributed by atoms with Crippen molar-refractivity contribution in [3.63, 3.8) is 0 Å². The van der Waals surface area contributed by atoms with Crippen LogP contribution in [0, 0.1) is 11.6 Å². The highest BCUT2D eigenvalue weighted by molar-refractivity contribution is 7.99. The number of amides is 2. The molecule has 170 valence electrons.